The summed E-state index contributed by atoms with van der Waals surface area (Å²) in [5.74, 6) is 3.02. The minimum Gasteiger partial charge on any atom is -0.365 e. The molecule has 0 aromatic carbocycles. The van der Waals surface area contributed by atoms with Gasteiger partial charge in [0.1, 0.15) is 5.52 Å². The van der Waals surface area contributed by atoms with Crippen molar-refractivity contribution < 1.29 is 0 Å². The second-order valence-electron chi connectivity index (χ2n) is 6.29. The van der Waals surface area contributed by atoms with Crippen LogP contribution in [-0.2, 0) is 0 Å². The summed E-state index contributed by atoms with van der Waals surface area (Å²) in [6.45, 7) is 7.50. The highest BCUT2D eigenvalue weighted by Crippen LogP contribution is 2.31. The lowest BCUT2D eigenvalue weighted by Gasteiger charge is -2.32. The number of hydrogen-bond donors (Lipinski definition) is 3. The van der Waals surface area contributed by atoms with Gasteiger partial charge in [0, 0.05) is 12.6 Å². The summed E-state index contributed by atoms with van der Waals surface area (Å²) in [6.07, 6.45) is 5.39. The van der Waals surface area contributed by atoms with Crippen molar-refractivity contribution >= 4 is 22.9 Å². The molecule has 21 heavy (non-hydrogen) atoms. The molecule has 6 nitrogen and oxygen atoms in total. The van der Waals surface area contributed by atoms with Gasteiger partial charge in [-0.15, -0.1) is 0 Å². The number of anilines is 2. The Morgan fingerprint density at radius 2 is 1.95 bits per heavy atom. The smallest absolute Gasteiger partial charge is 0.226 e. The molecule has 2 atom stereocenters. The van der Waals surface area contributed by atoms with E-state index in [9.17, 15) is 0 Å². The third-order valence-corrected chi connectivity index (χ3v) is 4.14. The summed E-state index contributed by atoms with van der Waals surface area (Å²) in [5, 5.41) is 6.78. The first-order chi connectivity index (χ1) is 10.2. The van der Waals surface area contributed by atoms with E-state index in [4.69, 9.17) is 0 Å². The maximum Gasteiger partial charge on any atom is 0.226 e. The van der Waals surface area contributed by atoms with Crippen LogP contribution in [0.15, 0.2) is 6.33 Å². The molecule has 3 rings (SSSR count). The molecule has 1 aliphatic carbocycles. The number of imidazole rings is 1. The van der Waals surface area contributed by atoms with Crippen LogP contribution in [0.1, 0.15) is 40.0 Å². The van der Waals surface area contributed by atoms with Crippen molar-refractivity contribution in [3.05, 3.63) is 6.33 Å². The summed E-state index contributed by atoms with van der Waals surface area (Å²) >= 11 is 0. The number of nitrogens with one attached hydrogen (secondary N) is 3. The van der Waals surface area contributed by atoms with Crippen molar-refractivity contribution in [1.29, 1.82) is 0 Å². The van der Waals surface area contributed by atoms with Crippen molar-refractivity contribution in [3.63, 3.8) is 0 Å². The van der Waals surface area contributed by atoms with Crippen molar-refractivity contribution in [1.82, 2.24) is 19.9 Å². The molecule has 1 fully saturated rings. The zero-order valence-electron chi connectivity index (χ0n) is 13.0. The first-order valence-corrected chi connectivity index (χ1v) is 7.87. The molecule has 2 aromatic heterocycles. The molecule has 1 aliphatic rings. The first-order valence-electron chi connectivity index (χ1n) is 7.87. The highest BCUT2D eigenvalue weighted by Gasteiger charge is 2.25. The number of aromatic nitrogens is 4. The monoisotopic (exact) mass is 288 g/mol. The highest BCUT2D eigenvalue weighted by atomic mass is 15.2. The second-order valence-corrected chi connectivity index (χ2v) is 6.29. The summed E-state index contributed by atoms with van der Waals surface area (Å²) in [6, 6.07) is 0.472. The average molecular weight is 288 g/mol. The van der Waals surface area contributed by atoms with Crippen LogP contribution in [-0.4, -0.2) is 32.5 Å². The van der Waals surface area contributed by atoms with Gasteiger partial charge >= 0.3 is 0 Å². The third kappa shape index (κ3) is 3.09. The summed E-state index contributed by atoms with van der Waals surface area (Å²) in [5.41, 5.74) is 1.60. The van der Waals surface area contributed by atoms with E-state index >= 15 is 0 Å². The van der Waals surface area contributed by atoms with E-state index in [1.165, 1.54) is 19.3 Å². The first kappa shape index (κ1) is 14.1. The topological polar surface area (TPSA) is 78.5 Å². The molecule has 6 heteroatoms. The molecular weight excluding hydrogens is 264 g/mol. The van der Waals surface area contributed by atoms with E-state index < -0.39 is 0 Å². The fraction of sp³-hybridized carbons (Fsp3) is 0.667. The lowest BCUT2D eigenvalue weighted by molar-refractivity contribution is 0.280. The van der Waals surface area contributed by atoms with Crippen molar-refractivity contribution in [2.24, 2.45) is 11.8 Å². The van der Waals surface area contributed by atoms with Crippen molar-refractivity contribution in [2.45, 2.75) is 46.1 Å². The Hall–Kier alpha value is -1.85. The largest absolute Gasteiger partial charge is 0.365 e. The van der Waals surface area contributed by atoms with Crippen LogP contribution in [0.25, 0.3) is 11.2 Å². The number of fused-ring (bicyclic) bond motifs is 1. The fourth-order valence-electron chi connectivity index (χ4n) is 3.43. The van der Waals surface area contributed by atoms with E-state index in [2.05, 4.69) is 44.4 Å². The molecule has 2 aromatic rings. The van der Waals surface area contributed by atoms with E-state index in [0.29, 0.717) is 17.6 Å². The minimum atomic E-state index is 0.472. The summed E-state index contributed by atoms with van der Waals surface area (Å²) in [7, 11) is 0. The molecule has 1 saturated carbocycles. The number of hydrogen-bond acceptors (Lipinski definition) is 5. The Balaban J connectivity index is 1.86. The Bertz CT molecular complexity index is 597. The van der Waals surface area contributed by atoms with Gasteiger partial charge in [-0.2, -0.15) is 9.97 Å². The zero-order chi connectivity index (χ0) is 14.8. The normalized spacial score (nSPS) is 26.0. The Morgan fingerprint density at radius 3 is 2.67 bits per heavy atom. The van der Waals surface area contributed by atoms with E-state index in [1.54, 1.807) is 6.33 Å². The van der Waals surface area contributed by atoms with Gasteiger partial charge < -0.3 is 15.6 Å². The lowest BCUT2D eigenvalue weighted by Crippen LogP contribution is -2.30. The fourth-order valence-corrected chi connectivity index (χ4v) is 3.43. The van der Waals surface area contributed by atoms with E-state index in [-0.39, 0.29) is 0 Å². The van der Waals surface area contributed by atoms with Gasteiger partial charge in [-0.1, -0.05) is 13.8 Å². The molecular formula is C15H24N6. The van der Waals surface area contributed by atoms with Gasteiger partial charge in [-0.25, -0.2) is 4.98 Å². The molecule has 2 unspecified atom stereocenters. The van der Waals surface area contributed by atoms with Crippen LogP contribution in [0.5, 0.6) is 0 Å². The van der Waals surface area contributed by atoms with Gasteiger partial charge in [0.15, 0.2) is 11.5 Å². The molecule has 0 aliphatic heterocycles. The molecule has 0 amide bonds. The van der Waals surface area contributed by atoms with Crippen molar-refractivity contribution in [2.75, 3.05) is 17.2 Å². The second kappa shape index (κ2) is 5.87. The Kier molecular flexibility index (Phi) is 3.94. The van der Waals surface area contributed by atoms with Crippen LogP contribution in [0, 0.1) is 11.8 Å². The highest BCUT2D eigenvalue weighted by molar-refractivity contribution is 5.83. The molecule has 2 heterocycles. The average Bonchev–Trinajstić information content (AvgIpc) is 2.86. The van der Waals surface area contributed by atoms with Crippen LogP contribution in [0.2, 0.25) is 0 Å². The SMILES string of the molecule is CCNc1nc(NC2CC(C)CC(C)C2)c2[nH]cnc2n1. The Labute approximate surface area is 125 Å². The lowest BCUT2D eigenvalue weighted by atomic mass is 9.80. The van der Waals surface area contributed by atoms with Crippen LogP contribution in [0.3, 0.4) is 0 Å². The maximum absolute atomic E-state index is 4.60. The molecule has 0 bridgehead atoms. The predicted molar refractivity (Wildman–Crippen MR) is 85.4 cm³/mol. The number of aromatic amines is 1. The number of nitrogens with zero attached hydrogens (tertiary/aromatic N) is 3. The minimum absolute atomic E-state index is 0.472. The molecule has 0 spiro atoms. The van der Waals surface area contributed by atoms with Crippen LogP contribution < -0.4 is 10.6 Å². The molecule has 114 valence electrons. The van der Waals surface area contributed by atoms with Gasteiger partial charge in [-0.3, -0.25) is 0 Å². The summed E-state index contributed by atoms with van der Waals surface area (Å²) in [4.78, 5) is 16.4. The van der Waals surface area contributed by atoms with Crippen LogP contribution >= 0.6 is 0 Å². The summed E-state index contributed by atoms with van der Waals surface area (Å²) < 4.78 is 0. The molecule has 3 N–H and O–H groups in total. The van der Waals surface area contributed by atoms with Gasteiger partial charge in [0.2, 0.25) is 5.95 Å². The molecule has 0 radical (unpaired) electrons. The van der Waals surface area contributed by atoms with Gasteiger partial charge in [0.05, 0.1) is 6.33 Å². The number of rotatable bonds is 4. The van der Waals surface area contributed by atoms with E-state index in [0.717, 1.165) is 29.7 Å². The zero-order valence-corrected chi connectivity index (χ0v) is 13.0. The number of H-pyrrole nitrogens is 1. The Morgan fingerprint density at radius 1 is 1.19 bits per heavy atom. The quantitative estimate of drug-likeness (QED) is 0.806. The van der Waals surface area contributed by atoms with Gasteiger partial charge in [0.25, 0.3) is 0 Å². The van der Waals surface area contributed by atoms with Crippen LogP contribution in [0.4, 0.5) is 11.8 Å². The molecule has 0 saturated heterocycles. The van der Waals surface area contributed by atoms with E-state index in [1.807, 2.05) is 6.92 Å². The maximum atomic E-state index is 4.60. The van der Waals surface area contributed by atoms with Crippen molar-refractivity contribution in [3.8, 4) is 0 Å². The predicted octanol–water partition coefficient (Wildman–Crippen LogP) is 3.02. The standard InChI is InChI=1S/C15H24N6/c1-4-16-15-20-13-12(17-8-18-13)14(21-15)19-11-6-9(2)5-10(3)7-11/h8-11H,4-7H2,1-3H3,(H3,16,17,18,19,20,21). The third-order valence-electron chi connectivity index (χ3n) is 4.14. The van der Waals surface area contributed by atoms with Gasteiger partial charge in [-0.05, 0) is 38.0 Å².